The Kier molecular flexibility index (Phi) is 31.1. The van der Waals surface area contributed by atoms with Crippen LogP contribution >= 0.6 is 45.3 Å². The number of methoxy groups -OCH3 is 4. The van der Waals surface area contributed by atoms with E-state index >= 15 is 0 Å². The predicted octanol–water partition coefficient (Wildman–Crippen LogP) is 18.6. The third kappa shape index (κ3) is 21.9. The molecule has 0 spiro atoms. The molecule has 0 aliphatic rings. The Hall–Kier alpha value is -11.8. The summed E-state index contributed by atoms with van der Waals surface area (Å²) in [5.41, 5.74) is 11.3. The number of thiophene rings is 4. The van der Waals surface area contributed by atoms with Crippen molar-refractivity contribution in [3.63, 3.8) is 0 Å². The Bertz CT molecular complexity index is 6770. The van der Waals surface area contributed by atoms with Gasteiger partial charge >= 0.3 is 0 Å². The van der Waals surface area contributed by atoms with Gasteiger partial charge in [-0.3, -0.25) is 0 Å². The van der Waals surface area contributed by atoms with Gasteiger partial charge in [-0.05, 0) is 159 Å². The molecule has 12 aromatic heterocycles. The van der Waals surface area contributed by atoms with Crippen LogP contribution in [0.1, 0.15) is 179 Å². The number of fused-ring (bicyclic) bond motifs is 4. The number of ether oxygens (including phenoxy) is 6. The van der Waals surface area contributed by atoms with E-state index in [9.17, 15) is 0 Å². The standard InChI is InChI=1S/C26H33N5O3S.2C26H33N5OS.C23H27N5OS/c1-26(2,3)23-20(17-18-11-12-22(35-18)30(4)13-14-34-16-15-32-5)25-28-27-24(31(25)29-23)19-9-7-8-10-21(19)33-6;1-8-17(2)16-30(6)22-14-13-18(33-22)15-20-23(26(3,4)5)29-31-24(27-28-25(20)31)19-11-9-10-12-21(19)32-7;1-8-30(16-17(2)3)22-14-13-18(33-22)15-20-23(26(4,5)6)29-31-24(27-28-25(20)31)19-11-9-10-12-21(19)32-7;1-7-29-17-11-9-8-10-16(17)22-24-25-23-20(21(14(2)3)26-28(22)23)15(4)18-12-13-19(30-18)27(5)6/h7-12,17H,13-16H2,1-6H3;2*9-15,17H,8,16H2,1-7H3;8-14H,7H2,1-6H3/b20-17-;3*20-15-. The lowest BCUT2D eigenvalue weighted by Crippen LogP contribution is -2.26. The highest BCUT2D eigenvalue weighted by Crippen LogP contribution is 2.38. The highest BCUT2D eigenvalue weighted by Gasteiger charge is 2.31. The molecule has 0 bridgehead atoms. The zero-order valence-electron chi connectivity index (χ0n) is 80.7. The molecule has 0 saturated carbocycles. The van der Waals surface area contributed by atoms with Crippen LogP contribution in [0.15, 0.2) is 146 Å². The van der Waals surface area contributed by atoms with Crippen LogP contribution in [0.5, 0.6) is 23.0 Å². The predicted molar refractivity (Wildman–Crippen MR) is 539 cm³/mol. The average molecular weight is 1840 g/mol. The Morgan fingerprint density at radius 2 is 0.809 bits per heavy atom. The first-order chi connectivity index (χ1) is 62.7. The van der Waals surface area contributed by atoms with E-state index in [0.717, 1.165) is 143 Å². The van der Waals surface area contributed by atoms with Crippen LogP contribution < -0.4 is 59.4 Å². The lowest BCUT2D eigenvalue weighted by atomic mass is 9.91. The molecular formula is C101H126N20O6S4. The van der Waals surface area contributed by atoms with E-state index < -0.39 is 0 Å². The van der Waals surface area contributed by atoms with Gasteiger partial charge in [0.2, 0.25) is 0 Å². The number of hydrogen-bond acceptors (Lipinski definition) is 26. The molecule has 4 aromatic carbocycles. The minimum Gasteiger partial charge on any atom is -0.496 e. The van der Waals surface area contributed by atoms with Crippen molar-refractivity contribution in [2.45, 2.75) is 153 Å². The summed E-state index contributed by atoms with van der Waals surface area (Å²) in [4.78, 5) is 13.8. The molecule has 16 aromatic rings. The van der Waals surface area contributed by atoms with Crippen molar-refractivity contribution >= 4 is 112 Å². The van der Waals surface area contributed by atoms with Crippen LogP contribution in [-0.4, -0.2) is 188 Å². The number of aromatic nitrogens is 16. The van der Waals surface area contributed by atoms with E-state index in [1.807, 2.05) is 133 Å². The number of anilines is 4. The number of rotatable bonds is 30. The Balaban J connectivity index is 0.000000149. The lowest BCUT2D eigenvalue weighted by Gasteiger charge is -2.23. The zero-order chi connectivity index (χ0) is 93.9. The van der Waals surface area contributed by atoms with Gasteiger partial charge in [-0.15, -0.1) is 86.1 Å². The van der Waals surface area contributed by atoms with Gasteiger partial charge in [0.05, 0.1) is 113 Å². The Morgan fingerprint density at radius 1 is 0.420 bits per heavy atom. The molecule has 1 unspecified atom stereocenters. The number of benzene rings is 4. The van der Waals surface area contributed by atoms with Crippen LogP contribution in [0.2, 0.25) is 0 Å². The lowest BCUT2D eigenvalue weighted by molar-refractivity contribution is 0.0744. The van der Waals surface area contributed by atoms with Crippen molar-refractivity contribution in [2.24, 2.45) is 11.8 Å². The number of nitrogens with zero attached hydrogens (tertiary/aromatic N) is 20. The van der Waals surface area contributed by atoms with Gasteiger partial charge in [0.15, 0.2) is 45.9 Å². The molecular weight excluding hydrogens is 1720 g/mol. The van der Waals surface area contributed by atoms with E-state index in [1.165, 1.54) is 46.6 Å². The second-order valence-electron chi connectivity index (χ2n) is 36.5. The fourth-order valence-electron chi connectivity index (χ4n) is 15.3. The van der Waals surface area contributed by atoms with Crippen molar-refractivity contribution < 1.29 is 28.4 Å². The van der Waals surface area contributed by atoms with E-state index in [2.05, 4.69) is 273 Å². The van der Waals surface area contributed by atoms with Gasteiger partial charge in [0, 0.05) is 118 Å². The summed E-state index contributed by atoms with van der Waals surface area (Å²) in [7, 11) is 15.1. The van der Waals surface area contributed by atoms with Crippen molar-refractivity contribution in [3.05, 3.63) is 209 Å². The Labute approximate surface area is 785 Å². The molecule has 12 heterocycles. The first-order valence-electron chi connectivity index (χ1n) is 44.7. The summed E-state index contributed by atoms with van der Waals surface area (Å²) in [6.45, 7) is 45.7. The van der Waals surface area contributed by atoms with Crippen molar-refractivity contribution in [1.82, 2.24) is 79.2 Å². The molecule has 30 heteroatoms. The van der Waals surface area contributed by atoms with E-state index in [1.54, 1.807) is 62.4 Å². The summed E-state index contributed by atoms with van der Waals surface area (Å²) >= 11 is 7.10. The second-order valence-corrected chi connectivity index (χ2v) is 40.8. The molecule has 0 amide bonds. The quantitative estimate of drug-likeness (QED) is 0.0380. The van der Waals surface area contributed by atoms with Gasteiger partial charge in [0.1, 0.15) is 23.0 Å². The molecule has 0 N–H and O–H groups in total. The van der Waals surface area contributed by atoms with Gasteiger partial charge in [-0.2, -0.15) is 38.5 Å². The van der Waals surface area contributed by atoms with Crippen LogP contribution in [0, 0.1) is 11.8 Å². The second kappa shape index (κ2) is 42.2. The zero-order valence-corrected chi connectivity index (χ0v) is 84.0. The molecule has 131 heavy (non-hydrogen) atoms. The van der Waals surface area contributed by atoms with E-state index in [-0.39, 0.29) is 22.2 Å². The summed E-state index contributed by atoms with van der Waals surface area (Å²) < 4.78 is 40.5. The molecule has 0 aliphatic carbocycles. The van der Waals surface area contributed by atoms with Crippen LogP contribution in [-0.2, 0) is 25.7 Å². The van der Waals surface area contributed by atoms with E-state index in [0.29, 0.717) is 61.6 Å². The molecule has 0 aliphatic heterocycles. The number of likely N-dealkylation sites (N-methyl/N-ethyl adjacent to an activating group) is 1. The van der Waals surface area contributed by atoms with Crippen molar-refractivity contribution in [3.8, 4) is 68.5 Å². The molecule has 26 nitrogen and oxygen atoms in total. The number of hydrogen-bond donors (Lipinski definition) is 0. The highest BCUT2D eigenvalue weighted by atomic mass is 32.1. The van der Waals surface area contributed by atoms with Crippen molar-refractivity contribution in [1.29, 1.82) is 0 Å². The smallest absolute Gasteiger partial charge is 0.189 e. The molecule has 0 saturated heterocycles. The third-order valence-corrected chi connectivity index (χ3v) is 27.0. The normalized spacial score (nSPS) is 12.9. The topological polar surface area (TPSA) is 241 Å². The summed E-state index contributed by atoms with van der Waals surface area (Å²) in [5, 5.41) is 65.1. The van der Waals surface area contributed by atoms with Crippen molar-refractivity contribution in [2.75, 3.05) is 129 Å². The third-order valence-electron chi connectivity index (χ3n) is 22.3. The van der Waals surface area contributed by atoms with Gasteiger partial charge in [-0.25, -0.2) is 0 Å². The highest BCUT2D eigenvalue weighted by molar-refractivity contribution is 7.18. The molecule has 1 atom stereocenters. The monoisotopic (exact) mass is 1840 g/mol. The maximum Gasteiger partial charge on any atom is 0.189 e. The van der Waals surface area contributed by atoms with E-state index in [4.69, 9.17) is 48.8 Å². The van der Waals surface area contributed by atoms with Crippen LogP contribution in [0.25, 0.3) is 91.9 Å². The average Bonchev–Trinajstić information content (AvgIpc) is 1.61. The maximum absolute atomic E-state index is 5.82. The molecule has 16 rings (SSSR count). The molecule has 690 valence electrons. The summed E-state index contributed by atoms with van der Waals surface area (Å²) in [6.07, 6.45) is 7.76. The molecule has 0 fully saturated rings. The van der Waals surface area contributed by atoms with Gasteiger partial charge in [-0.1, -0.05) is 159 Å². The summed E-state index contributed by atoms with van der Waals surface area (Å²) in [6, 6.07) is 48.8. The summed E-state index contributed by atoms with van der Waals surface area (Å²) in [5.74, 6) is 7.34. The molecule has 0 radical (unpaired) electrons. The Morgan fingerprint density at radius 3 is 1.19 bits per heavy atom. The fraction of sp³-hybridized carbons (Fsp3) is 0.406. The SMILES string of the molecule is CCC(C)CN(C)c1ccc(/C=c2/c(C(C)(C)C)nn3c(-c4ccccc4OC)nnc23)s1.CCN(CC(C)C)c1ccc(/C=c2/c(C(C)(C)C)nn3c(-c4ccccc4OC)nnc23)s1.CCOc1ccccc1-c1nnc2/c(=C(/C)c3ccc(N(C)C)s3)c(C(C)C)nn12.COCCOCCN(C)c1ccc(/C=c2/c(C(C)(C)C)nn3c(-c4ccccc4OC)nnc23)s1. The largest absolute Gasteiger partial charge is 0.496 e. The first kappa shape index (κ1) is 96.7. The minimum absolute atomic E-state index is 0.141. The first-order valence-corrected chi connectivity index (χ1v) is 48.0. The van der Waals surface area contributed by atoms with Gasteiger partial charge < -0.3 is 48.0 Å². The number of para-hydroxylation sites is 4. The minimum atomic E-state index is -0.166. The van der Waals surface area contributed by atoms with Gasteiger partial charge in [0.25, 0.3) is 0 Å². The van der Waals surface area contributed by atoms with Crippen LogP contribution in [0.3, 0.4) is 0 Å². The maximum atomic E-state index is 5.82. The van der Waals surface area contributed by atoms with Crippen LogP contribution in [0.4, 0.5) is 20.0 Å². The fourth-order valence-corrected chi connectivity index (χ4v) is 19.2.